The summed E-state index contributed by atoms with van der Waals surface area (Å²) >= 11 is 2.05. The van der Waals surface area contributed by atoms with Crippen LogP contribution in [0, 0.1) is 0 Å². The highest BCUT2D eigenvalue weighted by Crippen LogP contribution is 2.33. The predicted octanol–water partition coefficient (Wildman–Crippen LogP) is 2.96. The summed E-state index contributed by atoms with van der Waals surface area (Å²) in [5.74, 6) is 3.72. The van der Waals surface area contributed by atoms with E-state index in [1.54, 1.807) is 0 Å². The van der Waals surface area contributed by atoms with Gasteiger partial charge in [0, 0.05) is 43.1 Å². The van der Waals surface area contributed by atoms with Crippen LogP contribution in [-0.4, -0.2) is 54.6 Å². The molecule has 0 amide bonds. The number of para-hydroxylation sites is 1. The van der Waals surface area contributed by atoms with E-state index < -0.39 is 0 Å². The van der Waals surface area contributed by atoms with E-state index in [4.69, 9.17) is 4.74 Å². The van der Waals surface area contributed by atoms with Gasteiger partial charge < -0.3 is 15.0 Å². The molecule has 1 atom stereocenters. The molecule has 3 rings (SSSR count). The minimum absolute atomic E-state index is 0.293. The van der Waals surface area contributed by atoms with Gasteiger partial charge in [0.15, 0.2) is 5.96 Å². The summed E-state index contributed by atoms with van der Waals surface area (Å²) in [6, 6.07) is 8.39. The van der Waals surface area contributed by atoms with Crippen molar-refractivity contribution in [2.75, 3.05) is 39.0 Å². The molecule has 2 heterocycles. The standard InChI is InChI=1S/C18H27N3OS/c1-18(2)13-21(9-11-23-18)17(19-3)20-12-14-8-10-22-16-7-5-4-6-15(14)16/h4-7,14H,8-13H2,1-3H3,(H,19,20). The third kappa shape index (κ3) is 3.94. The molecule has 1 fully saturated rings. The molecular weight excluding hydrogens is 306 g/mol. The van der Waals surface area contributed by atoms with Crippen molar-refractivity contribution >= 4 is 17.7 Å². The molecule has 126 valence electrons. The Morgan fingerprint density at radius 3 is 3.04 bits per heavy atom. The van der Waals surface area contributed by atoms with Crippen LogP contribution in [0.25, 0.3) is 0 Å². The molecule has 1 unspecified atom stereocenters. The molecule has 0 bridgehead atoms. The molecule has 2 aliphatic rings. The summed E-state index contributed by atoms with van der Waals surface area (Å²) in [6.45, 7) is 8.45. The van der Waals surface area contributed by atoms with Gasteiger partial charge in [0.25, 0.3) is 0 Å². The number of hydrogen-bond donors (Lipinski definition) is 1. The molecule has 5 heteroatoms. The zero-order chi connectivity index (χ0) is 16.3. The number of aliphatic imine (C=N–C) groups is 1. The Balaban J connectivity index is 1.63. The van der Waals surface area contributed by atoms with Crippen LogP contribution in [0.1, 0.15) is 31.7 Å². The molecule has 2 aliphatic heterocycles. The van der Waals surface area contributed by atoms with Crippen LogP contribution >= 0.6 is 11.8 Å². The second-order valence-electron chi connectivity index (χ2n) is 6.83. The number of guanidine groups is 1. The smallest absolute Gasteiger partial charge is 0.193 e. The van der Waals surface area contributed by atoms with Gasteiger partial charge in [-0.1, -0.05) is 18.2 Å². The van der Waals surface area contributed by atoms with Crippen LogP contribution < -0.4 is 10.1 Å². The van der Waals surface area contributed by atoms with Crippen LogP contribution in [-0.2, 0) is 0 Å². The van der Waals surface area contributed by atoms with E-state index in [1.807, 2.05) is 24.9 Å². The highest BCUT2D eigenvalue weighted by molar-refractivity contribution is 8.00. The summed E-state index contributed by atoms with van der Waals surface area (Å²) in [4.78, 5) is 6.90. The van der Waals surface area contributed by atoms with Crippen LogP contribution in [0.5, 0.6) is 5.75 Å². The molecule has 0 aromatic heterocycles. The van der Waals surface area contributed by atoms with Gasteiger partial charge in [-0.05, 0) is 31.9 Å². The molecule has 0 aliphatic carbocycles. The minimum atomic E-state index is 0.293. The quantitative estimate of drug-likeness (QED) is 0.667. The van der Waals surface area contributed by atoms with Crippen molar-refractivity contribution in [1.82, 2.24) is 10.2 Å². The SMILES string of the molecule is CN=C(NCC1CCOc2ccccc21)N1CCSC(C)(C)C1. The molecule has 23 heavy (non-hydrogen) atoms. The molecule has 1 aromatic carbocycles. The van der Waals surface area contributed by atoms with Gasteiger partial charge in [0.2, 0.25) is 0 Å². The van der Waals surface area contributed by atoms with Crippen molar-refractivity contribution in [3.8, 4) is 5.75 Å². The van der Waals surface area contributed by atoms with Crippen LogP contribution in [0.15, 0.2) is 29.3 Å². The topological polar surface area (TPSA) is 36.9 Å². The molecule has 0 spiro atoms. The van der Waals surface area contributed by atoms with E-state index in [-0.39, 0.29) is 0 Å². The average Bonchev–Trinajstić information content (AvgIpc) is 2.55. The summed E-state index contributed by atoms with van der Waals surface area (Å²) in [5.41, 5.74) is 1.32. The Bertz CT molecular complexity index is 573. The summed E-state index contributed by atoms with van der Waals surface area (Å²) in [5, 5.41) is 3.60. The zero-order valence-electron chi connectivity index (χ0n) is 14.3. The first-order valence-corrected chi connectivity index (χ1v) is 9.39. The van der Waals surface area contributed by atoms with Crippen molar-refractivity contribution in [1.29, 1.82) is 0 Å². The number of benzene rings is 1. The maximum absolute atomic E-state index is 5.76. The summed E-state index contributed by atoms with van der Waals surface area (Å²) in [7, 11) is 1.88. The molecule has 0 saturated carbocycles. The summed E-state index contributed by atoms with van der Waals surface area (Å²) < 4.78 is 6.05. The molecule has 4 nitrogen and oxygen atoms in total. The minimum Gasteiger partial charge on any atom is -0.493 e. The lowest BCUT2D eigenvalue weighted by Gasteiger charge is -2.39. The van der Waals surface area contributed by atoms with E-state index in [1.165, 1.54) is 5.56 Å². The molecular formula is C18H27N3OS. The second-order valence-corrected chi connectivity index (χ2v) is 8.63. The number of nitrogens with zero attached hydrogens (tertiary/aromatic N) is 2. The fourth-order valence-electron chi connectivity index (χ4n) is 3.37. The van der Waals surface area contributed by atoms with Gasteiger partial charge in [0.1, 0.15) is 5.75 Å². The maximum atomic E-state index is 5.76. The van der Waals surface area contributed by atoms with Crippen LogP contribution in [0.2, 0.25) is 0 Å². The zero-order valence-corrected chi connectivity index (χ0v) is 15.2. The highest BCUT2D eigenvalue weighted by atomic mass is 32.2. The van der Waals surface area contributed by atoms with Gasteiger partial charge >= 0.3 is 0 Å². The second kappa shape index (κ2) is 7.04. The lowest BCUT2D eigenvalue weighted by atomic mass is 9.93. The van der Waals surface area contributed by atoms with Gasteiger partial charge in [0.05, 0.1) is 6.61 Å². The number of hydrogen-bond acceptors (Lipinski definition) is 3. The van der Waals surface area contributed by atoms with Crippen molar-refractivity contribution in [2.24, 2.45) is 4.99 Å². The summed E-state index contributed by atoms with van der Waals surface area (Å²) in [6.07, 6.45) is 1.06. The number of thioether (sulfide) groups is 1. The third-order valence-electron chi connectivity index (χ3n) is 4.53. The van der Waals surface area contributed by atoms with Crippen molar-refractivity contribution < 1.29 is 4.74 Å². The molecule has 1 saturated heterocycles. The fourth-order valence-corrected chi connectivity index (χ4v) is 4.48. The monoisotopic (exact) mass is 333 g/mol. The van der Waals surface area contributed by atoms with Crippen molar-refractivity contribution in [3.63, 3.8) is 0 Å². The normalized spacial score (nSPS) is 23.9. The Morgan fingerprint density at radius 2 is 2.26 bits per heavy atom. The maximum Gasteiger partial charge on any atom is 0.193 e. The number of ether oxygens (including phenoxy) is 1. The largest absolute Gasteiger partial charge is 0.493 e. The van der Waals surface area contributed by atoms with Gasteiger partial charge in [-0.15, -0.1) is 0 Å². The van der Waals surface area contributed by atoms with Gasteiger partial charge in [-0.3, -0.25) is 4.99 Å². The van der Waals surface area contributed by atoms with E-state index in [0.717, 1.165) is 50.1 Å². The number of rotatable bonds is 2. The number of nitrogens with one attached hydrogen (secondary N) is 1. The van der Waals surface area contributed by atoms with Gasteiger partial charge in [-0.25, -0.2) is 0 Å². The molecule has 0 radical (unpaired) electrons. The van der Waals surface area contributed by atoms with E-state index in [9.17, 15) is 0 Å². The lowest BCUT2D eigenvalue weighted by Crippen LogP contribution is -2.51. The molecule has 1 N–H and O–H groups in total. The number of fused-ring (bicyclic) bond motifs is 1. The first-order valence-electron chi connectivity index (χ1n) is 8.40. The Labute approximate surface area is 143 Å². The lowest BCUT2D eigenvalue weighted by molar-refractivity contribution is 0.266. The van der Waals surface area contributed by atoms with Crippen LogP contribution in [0.3, 0.4) is 0 Å². The molecule has 1 aromatic rings. The highest BCUT2D eigenvalue weighted by Gasteiger charge is 2.29. The first kappa shape index (κ1) is 16.5. The Kier molecular flexibility index (Phi) is 5.05. The fraction of sp³-hybridized carbons (Fsp3) is 0.611. The van der Waals surface area contributed by atoms with Crippen molar-refractivity contribution in [3.05, 3.63) is 29.8 Å². The van der Waals surface area contributed by atoms with Gasteiger partial charge in [-0.2, -0.15) is 11.8 Å². The van der Waals surface area contributed by atoms with E-state index >= 15 is 0 Å². The average molecular weight is 334 g/mol. The van der Waals surface area contributed by atoms with Crippen molar-refractivity contribution in [2.45, 2.75) is 30.9 Å². The third-order valence-corrected chi connectivity index (χ3v) is 5.82. The van der Waals surface area contributed by atoms with E-state index in [0.29, 0.717) is 10.7 Å². The Hall–Kier alpha value is -1.36. The Morgan fingerprint density at radius 1 is 1.43 bits per heavy atom. The predicted molar refractivity (Wildman–Crippen MR) is 98.8 cm³/mol. The first-order chi connectivity index (χ1) is 11.1. The van der Waals surface area contributed by atoms with E-state index in [2.05, 4.69) is 47.3 Å². The van der Waals surface area contributed by atoms with Crippen LogP contribution in [0.4, 0.5) is 0 Å².